The first-order valence-electron chi connectivity index (χ1n) is 10.1. The summed E-state index contributed by atoms with van der Waals surface area (Å²) in [5.41, 5.74) is 7.54. The maximum Gasteiger partial charge on any atom is 0.323 e. The number of piperidine rings is 1. The molecule has 2 fully saturated rings. The SMILES string of the molecule is CC(=O)NCCCOC(=O)C1CC2CC(CC(O)(O)/C(N)=N/NN)CCC2CN1. The second-order valence-corrected chi connectivity index (χ2v) is 8.05. The van der Waals surface area contributed by atoms with Crippen LogP contribution in [0.15, 0.2) is 5.10 Å². The van der Waals surface area contributed by atoms with Gasteiger partial charge in [-0.05, 0) is 56.4 Å². The summed E-state index contributed by atoms with van der Waals surface area (Å²) in [5, 5.41) is 29.7. The predicted octanol–water partition coefficient (Wildman–Crippen LogP) is -1.74. The summed E-state index contributed by atoms with van der Waals surface area (Å²) in [6.07, 6.45) is 3.88. The number of esters is 1. The number of nitrogens with zero attached hydrogens (tertiary/aromatic N) is 1. The quantitative estimate of drug-likeness (QED) is 0.0437. The third kappa shape index (κ3) is 7.11. The highest BCUT2D eigenvalue weighted by atomic mass is 16.5. The maximum absolute atomic E-state index is 12.3. The highest BCUT2D eigenvalue weighted by molar-refractivity contribution is 5.86. The number of hydrogen-bond acceptors (Lipinski definition) is 9. The van der Waals surface area contributed by atoms with E-state index in [1.54, 1.807) is 0 Å². The monoisotopic (exact) mass is 414 g/mol. The van der Waals surface area contributed by atoms with Crippen molar-refractivity contribution in [1.29, 1.82) is 0 Å². The molecule has 4 atom stereocenters. The second kappa shape index (κ2) is 10.7. The molecule has 0 aromatic rings. The molecule has 4 unspecified atom stereocenters. The van der Waals surface area contributed by atoms with Gasteiger partial charge < -0.3 is 31.3 Å². The highest BCUT2D eigenvalue weighted by Crippen LogP contribution is 2.41. The molecule has 29 heavy (non-hydrogen) atoms. The van der Waals surface area contributed by atoms with Crippen molar-refractivity contribution in [2.24, 2.45) is 34.4 Å². The fraction of sp³-hybridized carbons (Fsp3) is 0.833. The van der Waals surface area contributed by atoms with Gasteiger partial charge in [-0.2, -0.15) is 0 Å². The van der Waals surface area contributed by atoms with Crippen LogP contribution >= 0.6 is 0 Å². The molecule has 11 nitrogen and oxygen atoms in total. The fourth-order valence-electron chi connectivity index (χ4n) is 4.30. The molecule has 1 saturated heterocycles. The number of nitrogens with two attached hydrogens (primary N) is 2. The number of carbonyl (C=O) groups excluding carboxylic acids is 2. The van der Waals surface area contributed by atoms with Gasteiger partial charge in [0.1, 0.15) is 6.04 Å². The van der Waals surface area contributed by atoms with Crippen molar-refractivity contribution in [3.05, 3.63) is 0 Å². The minimum absolute atomic E-state index is 0.0604. The van der Waals surface area contributed by atoms with E-state index in [2.05, 4.69) is 15.7 Å². The van der Waals surface area contributed by atoms with E-state index in [0.29, 0.717) is 31.2 Å². The minimum atomic E-state index is -2.22. The number of aliphatic hydroxyl groups is 2. The van der Waals surface area contributed by atoms with Crippen LogP contribution in [0.25, 0.3) is 0 Å². The lowest BCUT2D eigenvalue weighted by Crippen LogP contribution is -2.51. The third-order valence-corrected chi connectivity index (χ3v) is 5.81. The van der Waals surface area contributed by atoms with Gasteiger partial charge in [-0.3, -0.25) is 9.59 Å². The number of rotatable bonds is 9. The van der Waals surface area contributed by atoms with Gasteiger partial charge in [-0.15, -0.1) is 5.10 Å². The van der Waals surface area contributed by atoms with E-state index >= 15 is 0 Å². The Morgan fingerprint density at radius 2 is 2.03 bits per heavy atom. The van der Waals surface area contributed by atoms with Crippen LogP contribution in [0, 0.1) is 17.8 Å². The van der Waals surface area contributed by atoms with Gasteiger partial charge in [0.05, 0.1) is 6.61 Å². The summed E-state index contributed by atoms with van der Waals surface area (Å²) in [4.78, 5) is 23.2. The van der Waals surface area contributed by atoms with E-state index in [0.717, 1.165) is 25.8 Å². The molecule has 0 aromatic heterocycles. The Morgan fingerprint density at radius 1 is 1.28 bits per heavy atom. The lowest BCUT2D eigenvalue weighted by molar-refractivity contribution is -0.148. The molecule has 0 radical (unpaired) electrons. The van der Waals surface area contributed by atoms with E-state index in [-0.39, 0.29) is 42.7 Å². The van der Waals surface area contributed by atoms with Gasteiger partial charge in [0, 0.05) is 19.9 Å². The standard InChI is InChI=1S/C18H34N6O5/c1-11(25)21-5-2-6-29-16(26)15-8-14-7-12(3-4-13(14)10-22-15)9-18(27,28)17(19)23-24-20/h12-15,22,24,27-28H,2-10,20H2,1H3,(H2,19,23)(H,21,25). The molecule has 1 heterocycles. The minimum Gasteiger partial charge on any atom is -0.464 e. The van der Waals surface area contributed by atoms with Crippen LogP contribution in [0.2, 0.25) is 0 Å². The number of amidine groups is 1. The average Bonchev–Trinajstić information content (AvgIpc) is 2.66. The van der Waals surface area contributed by atoms with Gasteiger partial charge >= 0.3 is 5.97 Å². The summed E-state index contributed by atoms with van der Waals surface area (Å²) in [6.45, 7) is 2.93. The van der Waals surface area contributed by atoms with E-state index in [1.165, 1.54) is 6.92 Å². The topological polar surface area (TPSA) is 184 Å². The summed E-state index contributed by atoms with van der Waals surface area (Å²) >= 11 is 0. The molecule has 1 amide bonds. The zero-order valence-corrected chi connectivity index (χ0v) is 16.9. The third-order valence-electron chi connectivity index (χ3n) is 5.81. The zero-order valence-electron chi connectivity index (χ0n) is 16.9. The van der Waals surface area contributed by atoms with Crippen molar-refractivity contribution in [2.45, 2.75) is 57.3 Å². The van der Waals surface area contributed by atoms with Crippen LogP contribution in [0.1, 0.15) is 45.4 Å². The smallest absolute Gasteiger partial charge is 0.323 e. The molecule has 0 bridgehead atoms. The van der Waals surface area contributed by atoms with Crippen molar-refractivity contribution in [1.82, 2.24) is 16.2 Å². The van der Waals surface area contributed by atoms with Gasteiger partial charge in [-0.25, -0.2) is 11.4 Å². The number of fused-ring (bicyclic) bond motifs is 1. The number of carbonyl (C=O) groups is 2. The molecule has 1 saturated carbocycles. The predicted molar refractivity (Wildman–Crippen MR) is 106 cm³/mol. The zero-order chi connectivity index (χ0) is 21.4. The summed E-state index contributed by atoms with van der Waals surface area (Å²) < 4.78 is 5.33. The van der Waals surface area contributed by atoms with Crippen LogP contribution in [-0.4, -0.2) is 59.5 Å². The summed E-state index contributed by atoms with van der Waals surface area (Å²) in [5.74, 6) is 2.89. The molecule has 9 N–H and O–H groups in total. The van der Waals surface area contributed by atoms with Gasteiger partial charge in [0.15, 0.2) is 5.84 Å². The molecular formula is C18H34N6O5. The molecule has 1 aliphatic heterocycles. The van der Waals surface area contributed by atoms with Crippen LogP contribution < -0.4 is 27.7 Å². The van der Waals surface area contributed by atoms with Gasteiger partial charge in [0.25, 0.3) is 0 Å². The number of hydrazone groups is 1. The Labute approximate surface area is 170 Å². The number of hydrazine groups is 1. The number of hydrogen-bond donors (Lipinski definition) is 7. The molecule has 11 heteroatoms. The van der Waals surface area contributed by atoms with Crippen LogP contribution in [-0.2, 0) is 14.3 Å². The van der Waals surface area contributed by atoms with Crippen molar-refractivity contribution < 1.29 is 24.5 Å². The largest absolute Gasteiger partial charge is 0.464 e. The molecule has 2 rings (SSSR count). The molecular weight excluding hydrogens is 380 g/mol. The second-order valence-electron chi connectivity index (χ2n) is 8.05. The summed E-state index contributed by atoms with van der Waals surface area (Å²) in [6, 6.07) is -0.364. The molecule has 166 valence electrons. The van der Waals surface area contributed by atoms with E-state index in [9.17, 15) is 19.8 Å². The fourth-order valence-corrected chi connectivity index (χ4v) is 4.30. The van der Waals surface area contributed by atoms with Gasteiger partial charge in [-0.1, -0.05) is 0 Å². The Kier molecular flexibility index (Phi) is 8.62. The van der Waals surface area contributed by atoms with Crippen molar-refractivity contribution in [3.63, 3.8) is 0 Å². The van der Waals surface area contributed by atoms with E-state index in [1.807, 2.05) is 5.53 Å². The average molecular weight is 415 g/mol. The molecule has 0 spiro atoms. The number of amides is 1. The van der Waals surface area contributed by atoms with E-state index < -0.39 is 5.79 Å². The number of ether oxygens (including phenoxy) is 1. The Bertz CT molecular complexity index is 599. The van der Waals surface area contributed by atoms with Crippen molar-refractivity contribution in [3.8, 4) is 0 Å². The molecule has 1 aliphatic carbocycles. The van der Waals surface area contributed by atoms with Crippen LogP contribution in [0.5, 0.6) is 0 Å². The first kappa shape index (κ1) is 23.3. The van der Waals surface area contributed by atoms with Crippen LogP contribution in [0.4, 0.5) is 0 Å². The van der Waals surface area contributed by atoms with Gasteiger partial charge in [0.2, 0.25) is 11.7 Å². The Hall–Kier alpha value is -1.95. The van der Waals surface area contributed by atoms with Crippen molar-refractivity contribution >= 4 is 17.7 Å². The normalized spacial score (nSPS) is 27.7. The first-order valence-corrected chi connectivity index (χ1v) is 10.1. The Balaban J connectivity index is 1.80. The maximum atomic E-state index is 12.3. The lowest BCUT2D eigenvalue weighted by atomic mass is 9.68. The lowest BCUT2D eigenvalue weighted by Gasteiger charge is -2.43. The highest BCUT2D eigenvalue weighted by Gasteiger charge is 2.41. The molecule has 2 aliphatic rings. The van der Waals surface area contributed by atoms with Crippen LogP contribution in [0.3, 0.4) is 0 Å². The van der Waals surface area contributed by atoms with E-state index in [4.69, 9.17) is 16.3 Å². The molecule has 0 aromatic carbocycles. The summed E-state index contributed by atoms with van der Waals surface area (Å²) in [7, 11) is 0. The Morgan fingerprint density at radius 3 is 2.72 bits per heavy atom. The van der Waals surface area contributed by atoms with Crippen molar-refractivity contribution in [2.75, 3.05) is 19.7 Å². The number of nitrogens with one attached hydrogen (secondary N) is 3. The first-order chi connectivity index (χ1) is 13.7.